The molecule has 4 amide bonds. The molecule has 0 unspecified atom stereocenters. The normalized spacial score (nSPS) is 22.7. The van der Waals surface area contributed by atoms with Crippen LogP contribution in [0.15, 0.2) is 10.6 Å². The van der Waals surface area contributed by atoms with Crippen molar-refractivity contribution in [3.8, 4) is 0 Å². The number of alkyl carbamates (subject to hydrolysis) is 2. The van der Waals surface area contributed by atoms with E-state index < -0.39 is 35.7 Å². The fraction of sp³-hybridized carbons (Fsp3) is 0.739. The summed E-state index contributed by atoms with van der Waals surface area (Å²) in [4.78, 5) is 38.7. The third-order valence-electron chi connectivity index (χ3n) is 6.40. The second-order valence-electron chi connectivity index (χ2n) is 11.7. The van der Waals surface area contributed by atoms with Crippen molar-refractivity contribution >= 4 is 18.2 Å². The van der Waals surface area contributed by atoms with E-state index in [1.807, 2.05) is 0 Å². The highest BCUT2D eigenvalue weighted by Gasteiger charge is 2.63. The Morgan fingerprint density at radius 1 is 1.17 bits per heavy atom. The van der Waals surface area contributed by atoms with Gasteiger partial charge in [0.05, 0.1) is 18.6 Å². The van der Waals surface area contributed by atoms with Crippen LogP contribution in [0.25, 0.3) is 0 Å². The van der Waals surface area contributed by atoms with Crippen molar-refractivity contribution in [2.24, 2.45) is 5.41 Å². The number of nitrogens with zero attached hydrogens (tertiary/aromatic N) is 3. The maximum absolute atomic E-state index is 12.5. The summed E-state index contributed by atoms with van der Waals surface area (Å²) in [5.74, 6) is 0.437. The third kappa shape index (κ3) is 5.84. The Hall–Kier alpha value is -3.06. The topological polar surface area (TPSA) is 158 Å². The van der Waals surface area contributed by atoms with Crippen LogP contribution < -0.4 is 16.0 Å². The molecule has 2 bridgehead atoms. The van der Waals surface area contributed by atoms with Gasteiger partial charge in [-0.15, -0.1) is 0 Å². The Labute approximate surface area is 209 Å². The molecule has 4 rings (SSSR count). The van der Waals surface area contributed by atoms with Crippen LogP contribution in [0.5, 0.6) is 0 Å². The lowest BCUT2D eigenvalue weighted by Gasteiger charge is -2.35. The van der Waals surface area contributed by atoms with Gasteiger partial charge in [0.25, 0.3) is 0 Å². The van der Waals surface area contributed by atoms with Crippen LogP contribution in [0.4, 0.5) is 14.4 Å². The van der Waals surface area contributed by atoms with Crippen molar-refractivity contribution in [3.63, 3.8) is 0 Å². The van der Waals surface area contributed by atoms with Crippen LogP contribution in [0.2, 0.25) is 0 Å². The van der Waals surface area contributed by atoms with Crippen LogP contribution in [0, 0.1) is 5.41 Å². The van der Waals surface area contributed by atoms with E-state index in [4.69, 9.17) is 14.0 Å². The fourth-order valence-corrected chi connectivity index (χ4v) is 4.67. The number of carbonyl (C=O) groups is 3. The predicted molar refractivity (Wildman–Crippen MR) is 124 cm³/mol. The summed E-state index contributed by atoms with van der Waals surface area (Å²) >= 11 is 0. The summed E-state index contributed by atoms with van der Waals surface area (Å²) in [5.41, 5.74) is -0.929. The van der Waals surface area contributed by atoms with Gasteiger partial charge in [-0.1, -0.05) is 5.16 Å². The standard InChI is InChI=1S/C23H36N6O7/c1-21(2,3)34-18(30)25-17(26-19(31)35-22(4,5)6)24-11-13-9-14(27-36-13)15-10-23(7-8-23)16-12-28(15)20(32)29(16)33/h9,15-17,24,33H,7-8,10-12H2,1-6H3,(H,25,30)(H,26,31)/t15-,16+/m0/s1. The molecule has 2 atom stereocenters. The molecule has 2 saturated heterocycles. The number of hydroxylamine groups is 2. The number of urea groups is 1. The number of hydrogen-bond acceptors (Lipinski definition) is 9. The first-order valence-electron chi connectivity index (χ1n) is 12.1. The van der Waals surface area contributed by atoms with Crippen LogP contribution >= 0.6 is 0 Å². The highest BCUT2D eigenvalue weighted by Crippen LogP contribution is 2.61. The van der Waals surface area contributed by atoms with Crippen molar-refractivity contribution in [2.75, 3.05) is 6.54 Å². The summed E-state index contributed by atoms with van der Waals surface area (Å²) in [7, 11) is 0. The molecular weight excluding hydrogens is 472 g/mol. The number of aromatic nitrogens is 1. The molecule has 4 N–H and O–H groups in total. The van der Waals surface area contributed by atoms with Gasteiger partial charge < -0.3 is 18.9 Å². The molecule has 13 nitrogen and oxygen atoms in total. The van der Waals surface area contributed by atoms with Crippen molar-refractivity contribution in [1.29, 1.82) is 0 Å². The number of hydrogen-bond donors (Lipinski definition) is 4. The van der Waals surface area contributed by atoms with Gasteiger partial charge in [0.2, 0.25) is 0 Å². The Bertz CT molecular complexity index is 979. The molecule has 200 valence electrons. The van der Waals surface area contributed by atoms with E-state index in [-0.39, 0.29) is 24.0 Å². The first kappa shape index (κ1) is 26.0. The lowest BCUT2D eigenvalue weighted by molar-refractivity contribution is -0.0782. The monoisotopic (exact) mass is 508 g/mol. The zero-order valence-electron chi connectivity index (χ0n) is 21.6. The molecule has 1 spiro atoms. The summed E-state index contributed by atoms with van der Waals surface area (Å²) < 4.78 is 16.0. The number of rotatable bonds is 6. The maximum Gasteiger partial charge on any atom is 0.410 e. The summed E-state index contributed by atoms with van der Waals surface area (Å²) in [6, 6.07) is 0.855. The van der Waals surface area contributed by atoms with Crippen LogP contribution in [-0.2, 0) is 16.0 Å². The molecule has 3 aliphatic rings. The molecule has 0 radical (unpaired) electrons. The average Bonchev–Trinajstić information content (AvgIpc) is 3.22. The van der Waals surface area contributed by atoms with Gasteiger partial charge in [-0.25, -0.2) is 19.4 Å². The number of ether oxygens (including phenoxy) is 2. The van der Waals surface area contributed by atoms with Crippen molar-refractivity contribution in [3.05, 3.63) is 17.5 Å². The highest BCUT2D eigenvalue weighted by atomic mass is 16.6. The van der Waals surface area contributed by atoms with Gasteiger partial charge in [0, 0.05) is 12.6 Å². The zero-order valence-corrected chi connectivity index (χ0v) is 21.6. The van der Waals surface area contributed by atoms with Crippen molar-refractivity contribution < 1.29 is 33.6 Å². The first-order valence-corrected chi connectivity index (χ1v) is 12.1. The molecule has 1 aromatic heterocycles. The van der Waals surface area contributed by atoms with Gasteiger partial charge >= 0.3 is 18.2 Å². The van der Waals surface area contributed by atoms with Crippen molar-refractivity contribution in [1.82, 2.24) is 31.1 Å². The number of fused-ring (bicyclic) bond motifs is 3. The molecule has 36 heavy (non-hydrogen) atoms. The van der Waals surface area contributed by atoms with E-state index in [0.29, 0.717) is 24.4 Å². The molecule has 1 aromatic rings. The molecule has 2 aliphatic heterocycles. The molecule has 0 aromatic carbocycles. The lowest BCUT2D eigenvalue weighted by atomic mass is 9.84. The minimum atomic E-state index is -1.03. The Morgan fingerprint density at radius 3 is 2.28 bits per heavy atom. The zero-order chi connectivity index (χ0) is 26.5. The summed E-state index contributed by atoms with van der Waals surface area (Å²) in [6.07, 6.45) is 0.142. The first-order chi connectivity index (χ1) is 16.7. The minimum Gasteiger partial charge on any atom is -0.444 e. The van der Waals surface area contributed by atoms with E-state index in [0.717, 1.165) is 17.9 Å². The molecule has 1 saturated carbocycles. The number of amides is 4. The number of nitrogens with one attached hydrogen (secondary N) is 3. The predicted octanol–water partition coefficient (Wildman–Crippen LogP) is 2.82. The molecule has 1 aliphatic carbocycles. The average molecular weight is 509 g/mol. The molecular formula is C23H36N6O7. The largest absolute Gasteiger partial charge is 0.444 e. The van der Waals surface area contributed by atoms with E-state index in [1.165, 1.54) is 0 Å². The minimum absolute atomic E-state index is 0.0702. The maximum atomic E-state index is 12.5. The Morgan fingerprint density at radius 2 is 1.75 bits per heavy atom. The summed E-state index contributed by atoms with van der Waals surface area (Å²) in [6.45, 7) is 10.9. The lowest BCUT2D eigenvalue weighted by Crippen LogP contribution is -2.57. The Balaban J connectivity index is 1.41. The fourth-order valence-electron chi connectivity index (χ4n) is 4.67. The van der Waals surface area contributed by atoms with Gasteiger partial charge in [0.1, 0.15) is 16.9 Å². The van der Waals surface area contributed by atoms with Gasteiger partial charge in [0.15, 0.2) is 12.0 Å². The Kier molecular flexibility index (Phi) is 6.58. The van der Waals surface area contributed by atoms with E-state index in [2.05, 4.69) is 21.1 Å². The molecule has 3 fully saturated rings. The quantitative estimate of drug-likeness (QED) is 0.335. The second kappa shape index (κ2) is 9.11. The molecule has 3 heterocycles. The van der Waals surface area contributed by atoms with Gasteiger partial charge in [-0.05, 0) is 66.2 Å². The smallest absolute Gasteiger partial charge is 0.410 e. The van der Waals surface area contributed by atoms with Gasteiger partial charge in [-0.2, -0.15) is 0 Å². The van der Waals surface area contributed by atoms with Crippen molar-refractivity contribution in [2.45, 2.75) is 96.9 Å². The second-order valence-corrected chi connectivity index (χ2v) is 11.7. The van der Waals surface area contributed by atoms with Gasteiger partial charge in [-0.3, -0.25) is 21.2 Å². The SMILES string of the molecule is CC(C)(C)OC(=O)NC(NCc1cc([C@@H]2CC3(CC3)[C@H]3CN2C(=O)N3O)no1)NC(=O)OC(C)(C)C. The van der Waals surface area contributed by atoms with E-state index in [9.17, 15) is 19.6 Å². The van der Waals surface area contributed by atoms with Crippen LogP contribution in [-0.4, -0.2) is 68.6 Å². The summed E-state index contributed by atoms with van der Waals surface area (Å²) in [5, 5.41) is 23.4. The van der Waals surface area contributed by atoms with Crippen LogP contribution in [0.1, 0.15) is 78.3 Å². The number of piperidine rings is 1. The molecule has 13 heteroatoms. The number of carbonyl (C=O) groups excluding carboxylic acids is 3. The third-order valence-corrected chi connectivity index (χ3v) is 6.40. The van der Waals surface area contributed by atoms with Crippen LogP contribution in [0.3, 0.4) is 0 Å². The van der Waals surface area contributed by atoms with E-state index in [1.54, 1.807) is 52.5 Å². The highest BCUT2D eigenvalue weighted by molar-refractivity contribution is 5.77. The van der Waals surface area contributed by atoms with E-state index >= 15 is 0 Å².